The molecule has 0 saturated carbocycles. The second-order valence-electron chi connectivity index (χ2n) is 2.87. The van der Waals surface area contributed by atoms with Gasteiger partial charge in [-0.25, -0.2) is 0 Å². The van der Waals surface area contributed by atoms with Crippen LogP contribution in [0.3, 0.4) is 0 Å². The van der Waals surface area contributed by atoms with Gasteiger partial charge in [-0.15, -0.1) is 0 Å². The number of benzene rings is 1. The summed E-state index contributed by atoms with van der Waals surface area (Å²) in [5.74, 6) is 0.365. The Kier molecular flexibility index (Phi) is 1.46. The lowest BCUT2D eigenvalue weighted by atomic mass is 9.97. The van der Waals surface area contributed by atoms with E-state index in [0.29, 0.717) is 5.76 Å². The molecule has 2 rings (SSSR count). The molecule has 0 radical (unpaired) electrons. The fourth-order valence-electron chi connectivity index (χ4n) is 1.28. The molecule has 1 aliphatic carbocycles. The van der Waals surface area contributed by atoms with Gasteiger partial charge in [-0.2, -0.15) is 0 Å². The lowest BCUT2D eigenvalue weighted by molar-refractivity contribution is 0.507. The number of aliphatic hydroxyl groups excluding tert-OH is 1. The van der Waals surface area contributed by atoms with Crippen molar-refractivity contribution >= 4 is 5.76 Å². The average molecular weight is 157 g/mol. The maximum atomic E-state index is 9.64. The molecule has 0 atom stereocenters. The Morgan fingerprint density at radius 1 is 1.25 bits per heavy atom. The van der Waals surface area contributed by atoms with E-state index in [2.05, 4.69) is 6.08 Å². The van der Waals surface area contributed by atoms with Crippen molar-refractivity contribution in [1.29, 1.82) is 0 Å². The summed E-state index contributed by atoms with van der Waals surface area (Å²) in [6, 6.07) is 7.69. The third-order valence-electron chi connectivity index (χ3n) is 2.00. The van der Waals surface area contributed by atoms with Gasteiger partial charge in [0.25, 0.3) is 0 Å². The number of aliphatic hydroxyl groups is 1. The van der Waals surface area contributed by atoms with Gasteiger partial charge in [0, 0.05) is 12.1 Å². The summed E-state index contributed by atoms with van der Waals surface area (Å²) in [6.07, 6.45) is 4.90. The highest BCUT2D eigenvalue weighted by molar-refractivity contribution is 5.70. The SMILES string of the molecule is CC1=C(O)c2ccccc2[C+]=C1. The van der Waals surface area contributed by atoms with Crippen LogP contribution in [0.25, 0.3) is 5.76 Å². The summed E-state index contributed by atoms with van der Waals surface area (Å²) in [5, 5.41) is 9.64. The van der Waals surface area contributed by atoms with E-state index in [9.17, 15) is 5.11 Å². The molecule has 1 aromatic rings. The van der Waals surface area contributed by atoms with Gasteiger partial charge in [-0.3, -0.25) is 0 Å². The standard InChI is InChI=1S/C11H8O/c1-8-6-7-9-4-2-3-5-10(9)11(8)12/h2-6H,1H3/p+1. The summed E-state index contributed by atoms with van der Waals surface area (Å²) in [6.45, 7) is 1.87. The fourth-order valence-corrected chi connectivity index (χ4v) is 1.28. The van der Waals surface area contributed by atoms with Gasteiger partial charge in [0.15, 0.2) is 5.56 Å². The van der Waals surface area contributed by atoms with Crippen LogP contribution in [-0.4, -0.2) is 5.11 Å². The molecule has 12 heavy (non-hydrogen) atoms. The Morgan fingerprint density at radius 2 is 2.00 bits per heavy atom. The van der Waals surface area contributed by atoms with Crippen molar-refractivity contribution in [2.24, 2.45) is 0 Å². The van der Waals surface area contributed by atoms with E-state index in [1.165, 1.54) is 0 Å². The molecule has 0 fully saturated rings. The molecule has 1 aliphatic rings. The summed E-state index contributed by atoms with van der Waals surface area (Å²) in [4.78, 5) is 0. The van der Waals surface area contributed by atoms with Crippen LogP contribution >= 0.6 is 0 Å². The van der Waals surface area contributed by atoms with Crippen LogP contribution in [0.2, 0.25) is 0 Å². The molecular formula is C11H9O+. The molecule has 0 amide bonds. The summed E-state index contributed by atoms with van der Waals surface area (Å²) in [7, 11) is 0. The second kappa shape index (κ2) is 2.47. The van der Waals surface area contributed by atoms with Crippen molar-refractivity contribution in [2.75, 3.05) is 0 Å². The minimum absolute atomic E-state index is 0.365. The number of fused-ring (bicyclic) bond motifs is 1. The predicted molar refractivity (Wildman–Crippen MR) is 48.6 cm³/mol. The highest BCUT2D eigenvalue weighted by Crippen LogP contribution is 2.24. The lowest BCUT2D eigenvalue weighted by Gasteiger charge is -2.02. The molecule has 1 nitrogen and oxygen atoms in total. The highest BCUT2D eigenvalue weighted by Gasteiger charge is 2.19. The van der Waals surface area contributed by atoms with Gasteiger partial charge in [0.1, 0.15) is 5.56 Å². The van der Waals surface area contributed by atoms with Gasteiger partial charge in [-0.1, -0.05) is 0 Å². The molecule has 0 unspecified atom stereocenters. The van der Waals surface area contributed by atoms with E-state index in [1.807, 2.05) is 31.2 Å². The molecule has 58 valence electrons. The van der Waals surface area contributed by atoms with E-state index in [1.54, 1.807) is 6.08 Å². The van der Waals surface area contributed by atoms with Crippen LogP contribution in [0.1, 0.15) is 18.1 Å². The average Bonchev–Trinajstić information content (AvgIpc) is 2.12. The summed E-state index contributed by atoms with van der Waals surface area (Å²) >= 11 is 0. The van der Waals surface area contributed by atoms with Crippen LogP contribution in [-0.2, 0) is 0 Å². The molecule has 0 spiro atoms. The van der Waals surface area contributed by atoms with E-state index in [0.717, 1.165) is 16.7 Å². The monoisotopic (exact) mass is 157 g/mol. The molecule has 1 N–H and O–H groups in total. The quantitative estimate of drug-likeness (QED) is 0.574. The highest BCUT2D eigenvalue weighted by atomic mass is 16.3. The normalized spacial score (nSPS) is 14.1. The van der Waals surface area contributed by atoms with Gasteiger partial charge >= 0.3 is 0 Å². The van der Waals surface area contributed by atoms with E-state index in [4.69, 9.17) is 0 Å². The Balaban J connectivity index is 2.68. The molecule has 1 heteroatoms. The maximum absolute atomic E-state index is 9.64. The van der Waals surface area contributed by atoms with Crippen LogP contribution in [0.15, 0.2) is 35.9 Å². The Hall–Kier alpha value is -1.59. The van der Waals surface area contributed by atoms with Gasteiger partial charge in [-0.05, 0) is 25.1 Å². The molecule has 0 aliphatic heterocycles. The molecule has 0 heterocycles. The first-order valence-corrected chi connectivity index (χ1v) is 3.88. The van der Waals surface area contributed by atoms with Gasteiger partial charge in [0.2, 0.25) is 5.76 Å². The Bertz CT molecular complexity index is 372. The molecule has 1 aromatic carbocycles. The number of rotatable bonds is 0. The zero-order chi connectivity index (χ0) is 8.55. The minimum atomic E-state index is 0.365. The lowest BCUT2D eigenvalue weighted by Crippen LogP contribution is -1.95. The van der Waals surface area contributed by atoms with Crippen LogP contribution < -0.4 is 0 Å². The van der Waals surface area contributed by atoms with Crippen molar-refractivity contribution < 1.29 is 5.11 Å². The van der Waals surface area contributed by atoms with Crippen molar-refractivity contribution in [2.45, 2.75) is 6.92 Å². The van der Waals surface area contributed by atoms with E-state index < -0.39 is 0 Å². The third kappa shape index (κ3) is 0.919. The zero-order valence-electron chi connectivity index (χ0n) is 6.83. The number of allylic oxidation sites excluding steroid dienone is 2. The van der Waals surface area contributed by atoms with Crippen molar-refractivity contribution in [3.63, 3.8) is 0 Å². The Labute approximate surface area is 71.7 Å². The molecule has 0 saturated heterocycles. The largest absolute Gasteiger partial charge is 0.492 e. The molecular weight excluding hydrogens is 148 g/mol. The zero-order valence-corrected chi connectivity index (χ0v) is 6.83. The van der Waals surface area contributed by atoms with E-state index >= 15 is 0 Å². The first kappa shape index (κ1) is 7.08. The number of hydrogen-bond donors (Lipinski definition) is 1. The molecule has 0 aromatic heterocycles. The Morgan fingerprint density at radius 3 is 2.83 bits per heavy atom. The maximum Gasteiger partial charge on any atom is 0.214 e. The van der Waals surface area contributed by atoms with Crippen LogP contribution in [0, 0.1) is 6.08 Å². The minimum Gasteiger partial charge on any atom is -0.492 e. The van der Waals surface area contributed by atoms with Crippen molar-refractivity contribution in [3.8, 4) is 0 Å². The smallest absolute Gasteiger partial charge is 0.214 e. The summed E-state index contributed by atoms with van der Waals surface area (Å²) in [5.41, 5.74) is 2.70. The number of hydrogen-bond acceptors (Lipinski definition) is 1. The first-order chi connectivity index (χ1) is 5.79. The third-order valence-corrected chi connectivity index (χ3v) is 2.00. The van der Waals surface area contributed by atoms with Gasteiger partial charge < -0.3 is 5.11 Å². The van der Waals surface area contributed by atoms with Crippen molar-refractivity contribution in [1.82, 2.24) is 0 Å². The first-order valence-electron chi connectivity index (χ1n) is 3.88. The van der Waals surface area contributed by atoms with Crippen molar-refractivity contribution in [3.05, 3.63) is 53.1 Å². The fraction of sp³-hybridized carbons (Fsp3) is 0.0909. The second-order valence-corrected chi connectivity index (χ2v) is 2.87. The van der Waals surface area contributed by atoms with Crippen LogP contribution in [0.4, 0.5) is 0 Å². The van der Waals surface area contributed by atoms with Gasteiger partial charge in [0.05, 0.1) is 11.6 Å². The summed E-state index contributed by atoms with van der Waals surface area (Å²) < 4.78 is 0. The predicted octanol–water partition coefficient (Wildman–Crippen LogP) is 2.70. The molecule has 0 bridgehead atoms. The van der Waals surface area contributed by atoms with E-state index in [-0.39, 0.29) is 0 Å². The topological polar surface area (TPSA) is 20.2 Å². The van der Waals surface area contributed by atoms with Crippen LogP contribution in [0.5, 0.6) is 0 Å².